The molecule has 0 saturated carbocycles. The molecule has 6 rings (SSSR count). The van der Waals surface area contributed by atoms with Gasteiger partial charge in [-0.15, -0.1) is 53.2 Å². The van der Waals surface area contributed by atoms with Gasteiger partial charge in [-0.2, -0.15) is 0 Å². The van der Waals surface area contributed by atoms with Gasteiger partial charge < -0.3 is 14.4 Å². The van der Waals surface area contributed by atoms with Gasteiger partial charge in [0.1, 0.15) is 0 Å². The number of hydrogen-bond acceptors (Lipinski definition) is 4. The van der Waals surface area contributed by atoms with Gasteiger partial charge >= 0.3 is 0 Å². The smallest absolute Gasteiger partial charge is 0.216 e. The van der Waals surface area contributed by atoms with E-state index >= 15 is 0 Å². The molecule has 0 fully saturated rings. The first-order valence-electron chi connectivity index (χ1n) is 13.2. The Morgan fingerprint density at radius 2 is 1.62 bits per heavy atom. The molecule has 0 aliphatic heterocycles. The largest absolute Gasteiger partial charge is 0.486 e. The van der Waals surface area contributed by atoms with E-state index in [0.717, 1.165) is 39.2 Å². The summed E-state index contributed by atoms with van der Waals surface area (Å²) in [7, 11) is -1.57. The Morgan fingerprint density at radius 3 is 2.30 bits per heavy atom. The molecule has 0 amide bonds. The van der Waals surface area contributed by atoms with Crippen LogP contribution < -0.4 is 5.19 Å². The van der Waals surface area contributed by atoms with E-state index < -0.39 is 8.07 Å². The maximum atomic E-state index is 6.23. The minimum absolute atomic E-state index is 0. The van der Waals surface area contributed by atoms with Crippen molar-refractivity contribution >= 4 is 35.3 Å². The number of aromatic nitrogens is 3. The zero-order chi connectivity index (χ0) is 27.7. The summed E-state index contributed by atoms with van der Waals surface area (Å²) < 4.78 is 6.23. The van der Waals surface area contributed by atoms with Gasteiger partial charge in [0.15, 0.2) is 0 Å². The third-order valence-electron chi connectivity index (χ3n) is 6.89. The Morgan fingerprint density at radius 1 is 0.825 bits per heavy atom. The Kier molecular flexibility index (Phi) is 8.84. The van der Waals surface area contributed by atoms with Crippen molar-refractivity contribution in [2.24, 2.45) is 0 Å². The Balaban J connectivity index is 0.000000210. The van der Waals surface area contributed by atoms with Crippen molar-refractivity contribution in [2.75, 3.05) is 0 Å². The van der Waals surface area contributed by atoms with Gasteiger partial charge in [0.2, 0.25) is 5.71 Å². The number of aryl methyl sites for hydroxylation is 4. The molecule has 0 saturated heterocycles. The Hall–Kier alpha value is -3.44. The Bertz CT molecular complexity index is 1790. The zero-order valence-electron chi connectivity index (χ0n) is 24.0. The summed E-state index contributed by atoms with van der Waals surface area (Å²) in [4.78, 5) is 13.5. The molecule has 0 aliphatic rings. The standard InChI is InChI=1S/C21H21N2OSi.C13H12N.Ir/c1-13-10-11-22-17(12-13)15-8-9-18(25(3,4)5)19-16-7-6-14(2)23-21(16)24-20(15)19;1-10-8-13(14-9-11(10)2)12-6-4-3-5-7-12;/h6-7,9-12H,1-5H3;3-6,8-9H,1-2H3;/q2*-1;. The quantitative estimate of drug-likeness (QED) is 0.137. The van der Waals surface area contributed by atoms with Crippen LogP contribution in [-0.2, 0) is 20.1 Å². The normalized spacial score (nSPS) is 11.2. The van der Waals surface area contributed by atoms with Crippen molar-refractivity contribution in [2.45, 2.75) is 47.3 Å². The molecule has 40 heavy (non-hydrogen) atoms. The molecule has 0 N–H and O–H groups in total. The number of fused-ring (bicyclic) bond motifs is 3. The predicted octanol–water partition coefficient (Wildman–Crippen LogP) is 8.17. The average Bonchev–Trinajstić information content (AvgIpc) is 3.28. The zero-order valence-corrected chi connectivity index (χ0v) is 27.4. The van der Waals surface area contributed by atoms with E-state index in [2.05, 4.69) is 91.8 Å². The maximum absolute atomic E-state index is 6.23. The number of pyridine rings is 3. The third kappa shape index (κ3) is 6.15. The van der Waals surface area contributed by atoms with E-state index in [-0.39, 0.29) is 20.1 Å². The number of nitrogens with zero attached hydrogens (tertiary/aromatic N) is 3. The van der Waals surface area contributed by atoms with Crippen LogP contribution in [-0.4, -0.2) is 23.0 Å². The van der Waals surface area contributed by atoms with Gasteiger partial charge in [-0.1, -0.05) is 53.9 Å². The summed E-state index contributed by atoms with van der Waals surface area (Å²) in [6, 6.07) is 27.0. The van der Waals surface area contributed by atoms with Crippen LogP contribution >= 0.6 is 0 Å². The van der Waals surface area contributed by atoms with Crippen molar-refractivity contribution in [1.82, 2.24) is 15.0 Å². The average molecular weight is 720 g/mol. The SMILES string of the molecule is Cc1ccnc(-c2[c-]cc([Si](C)(C)C)c3c2oc2nc(C)ccc23)c1.Cc1cnc(-c2[c-]cccc2)cc1C.[Ir]. The summed E-state index contributed by atoms with van der Waals surface area (Å²) in [5.41, 5.74) is 10.0. The fraction of sp³-hybridized carbons (Fsp3) is 0.206. The molecule has 1 radical (unpaired) electrons. The molecular weight excluding hydrogens is 687 g/mol. The molecule has 0 unspecified atom stereocenters. The van der Waals surface area contributed by atoms with Crippen molar-refractivity contribution in [3.63, 3.8) is 0 Å². The van der Waals surface area contributed by atoms with Crippen LogP contribution in [0.4, 0.5) is 0 Å². The van der Waals surface area contributed by atoms with Crippen molar-refractivity contribution < 1.29 is 24.5 Å². The molecule has 4 heterocycles. The second-order valence-corrected chi connectivity index (χ2v) is 16.1. The van der Waals surface area contributed by atoms with Crippen LogP contribution in [0.25, 0.3) is 44.6 Å². The van der Waals surface area contributed by atoms with E-state index in [1.165, 1.54) is 27.3 Å². The van der Waals surface area contributed by atoms with E-state index in [4.69, 9.17) is 4.42 Å². The van der Waals surface area contributed by atoms with Gasteiger partial charge in [-0.05, 0) is 62.8 Å². The van der Waals surface area contributed by atoms with Crippen molar-refractivity contribution in [3.05, 3.63) is 108 Å². The maximum Gasteiger partial charge on any atom is 0.216 e. The summed E-state index contributed by atoms with van der Waals surface area (Å²) in [6.07, 6.45) is 3.74. The van der Waals surface area contributed by atoms with Crippen LogP contribution in [0.3, 0.4) is 0 Å². The van der Waals surface area contributed by atoms with Gasteiger partial charge in [0.05, 0.1) is 5.58 Å². The van der Waals surface area contributed by atoms with E-state index in [1.54, 1.807) is 0 Å². The van der Waals surface area contributed by atoms with Crippen LogP contribution in [0, 0.1) is 39.8 Å². The second-order valence-electron chi connectivity index (χ2n) is 11.1. The number of hydrogen-bond donors (Lipinski definition) is 0. The van der Waals surface area contributed by atoms with Gasteiger partial charge in [-0.3, -0.25) is 0 Å². The van der Waals surface area contributed by atoms with E-state index in [0.29, 0.717) is 5.71 Å². The molecule has 0 spiro atoms. The van der Waals surface area contributed by atoms with Crippen LogP contribution in [0.1, 0.15) is 22.4 Å². The Labute approximate surface area is 251 Å². The molecule has 4 aromatic heterocycles. The van der Waals surface area contributed by atoms with Gasteiger partial charge in [-0.25, -0.2) is 4.98 Å². The number of benzene rings is 2. The first-order valence-corrected chi connectivity index (χ1v) is 16.7. The van der Waals surface area contributed by atoms with Crippen LogP contribution in [0.2, 0.25) is 19.6 Å². The molecule has 205 valence electrons. The fourth-order valence-corrected chi connectivity index (χ4v) is 6.08. The van der Waals surface area contributed by atoms with E-state index in [1.807, 2.05) is 55.7 Å². The van der Waals surface area contributed by atoms with Crippen molar-refractivity contribution in [3.8, 4) is 22.5 Å². The minimum Gasteiger partial charge on any atom is -0.486 e. The molecule has 4 nitrogen and oxygen atoms in total. The summed E-state index contributed by atoms with van der Waals surface area (Å²) in [5.74, 6) is 0. The number of rotatable bonds is 3. The predicted molar refractivity (Wildman–Crippen MR) is 164 cm³/mol. The summed E-state index contributed by atoms with van der Waals surface area (Å²) >= 11 is 0. The first-order chi connectivity index (χ1) is 18.6. The van der Waals surface area contributed by atoms with E-state index in [9.17, 15) is 0 Å². The summed E-state index contributed by atoms with van der Waals surface area (Å²) in [6.45, 7) is 15.3. The topological polar surface area (TPSA) is 51.8 Å². The molecule has 0 bridgehead atoms. The monoisotopic (exact) mass is 720 g/mol. The van der Waals surface area contributed by atoms with Crippen LogP contribution in [0.5, 0.6) is 0 Å². The molecule has 6 heteroatoms. The minimum atomic E-state index is -1.57. The summed E-state index contributed by atoms with van der Waals surface area (Å²) in [5, 5.41) is 3.61. The first kappa shape index (κ1) is 29.5. The molecular formula is C34H33IrN3OSi-2. The molecule has 0 atom stereocenters. The molecule has 6 aromatic rings. The van der Waals surface area contributed by atoms with Gasteiger partial charge in [0, 0.05) is 51.7 Å². The molecule has 2 aromatic carbocycles. The number of furan rings is 1. The van der Waals surface area contributed by atoms with Crippen LogP contribution in [0.15, 0.2) is 77.5 Å². The van der Waals surface area contributed by atoms with Gasteiger partial charge in [0.25, 0.3) is 0 Å². The fourth-order valence-electron chi connectivity index (χ4n) is 4.58. The molecule has 0 aliphatic carbocycles. The second kappa shape index (κ2) is 12.0. The van der Waals surface area contributed by atoms with Crippen molar-refractivity contribution in [1.29, 1.82) is 0 Å². The third-order valence-corrected chi connectivity index (χ3v) is 8.90.